The minimum atomic E-state index is -0.304. The molecule has 2 rings (SSSR count). The molecular formula is C14H20FN3OS2. The third kappa shape index (κ3) is 3.40. The maximum Gasteiger partial charge on any atom is 0.354 e. The molecule has 0 bridgehead atoms. The number of unbranched alkanes of at least 4 members (excludes halogenated alkanes) is 2. The van der Waals surface area contributed by atoms with Gasteiger partial charge in [-0.3, -0.25) is 8.96 Å². The number of alkyl halides is 1. The zero-order valence-corrected chi connectivity index (χ0v) is 14.0. The summed E-state index contributed by atoms with van der Waals surface area (Å²) < 4.78 is 14.7. The number of nitrogens with two attached hydrogens (primary N) is 1. The molecule has 0 spiro atoms. The Labute approximate surface area is 131 Å². The van der Waals surface area contributed by atoms with Crippen LogP contribution in [0.4, 0.5) is 10.2 Å². The molecule has 2 aliphatic heterocycles. The molecule has 0 aliphatic carbocycles. The van der Waals surface area contributed by atoms with Crippen molar-refractivity contribution < 1.29 is 4.39 Å². The van der Waals surface area contributed by atoms with Crippen LogP contribution in [-0.4, -0.2) is 22.0 Å². The lowest BCUT2D eigenvalue weighted by Gasteiger charge is -2.15. The molecule has 2 heterocycles. The van der Waals surface area contributed by atoms with Crippen molar-refractivity contribution >= 4 is 28.9 Å². The molecule has 7 heteroatoms. The van der Waals surface area contributed by atoms with E-state index < -0.39 is 0 Å². The van der Waals surface area contributed by atoms with Crippen LogP contribution in [0, 0.1) is 6.92 Å². The molecule has 21 heavy (non-hydrogen) atoms. The average Bonchev–Trinajstić information content (AvgIpc) is 2.76. The number of anilines is 1. The third-order valence-corrected chi connectivity index (χ3v) is 6.12. The molecule has 2 aliphatic rings. The molecule has 0 aromatic rings. The number of hydrogen-bond acceptors (Lipinski definition) is 5. The highest BCUT2D eigenvalue weighted by atomic mass is 32.2. The number of halogens is 1. The number of thioether (sulfide) groups is 1. The summed E-state index contributed by atoms with van der Waals surface area (Å²) in [6.07, 6.45) is 3.34. The van der Waals surface area contributed by atoms with Crippen LogP contribution in [0.25, 0.3) is 5.69 Å². The highest BCUT2D eigenvalue weighted by molar-refractivity contribution is 8.01. The summed E-state index contributed by atoms with van der Waals surface area (Å²) in [5.74, 6) is 1.20. The zero-order valence-electron chi connectivity index (χ0n) is 12.3. The number of nitrogens with zero attached hydrogens (tertiary/aromatic N) is 2. The normalized spacial score (nSPS) is 11.4. The Hall–Kier alpha value is -1.08. The quantitative estimate of drug-likeness (QED) is 0.624. The van der Waals surface area contributed by atoms with Crippen molar-refractivity contribution in [3.63, 3.8) is 0 Å². The van der Waals surface area contributed by atoms with E-state index in [1.165, 1.54) is 4.88 Å². The van der Waals surface area contributed by atoms with Crippen molar-refractivity contribution in [1.82, 2.24) is 9.55 Å². The van der Waals surface area contributed by atoms with Gasteiger partial charge in [0.15, 0.2) is 5.82 Å². The highest BCUT2D eigenvalue weighted by Crippen LogP contribution is 2.37. The summed E-state index contributed by atoms with van der Waals surface area (Å²) in [6, 6.07) is 0. The van der Waals surface area contributed by atoms with E-state index in [0.29, 0.717) is 12.2 Å². The first kappa shape index (κ1) is 16.3. The van der Waals surface area contributed by atoms with Crippen molar-refractivity contribution in [1.29, 1.82) is 0 Å². The first-order valence-electron chi connectivity index (χ1n) is 7.09. The van der Waals surface area contributed by atoms with Crippen molar-refractivity contribution in [3.8, 4) is 5.69 Å². The number of rotatable bonds is 7. The fraction of sp³-hybridized carbons (Fsp3) is 0.571. The number of nitrogen functional groups attached to an aromatic ring is 1. The van der Waals surface area contributed by atoms with Gasteiger partial charge in [-0.1, -0.05) is 13.3 Å². The van der Waals surface area contributed by atoms with E-state index in [0.717, 1.165) is 40.6 Å². The van der Waals surface area contributed by atoms with Gasteiger partial charge in [0, 0.05) is 10.6 Å². The Balaban J connectivity index is 2.29. The fourth-order valence-corrected chi connectivity index (χ4v) is 4.80. The van der Waals surface area contributed by atoms with Crippen LogP contribution in [-0.2, 0) is 6.42 Å². The molecular weight excluding hydrogens is 309 g/mol. The Bertz CT molecular complexity index is 638. The van der Waals surface area contributed by atoms with E-state index in [1.807, 2.05) is 6.92 Å². The summed E-state index contributed by atoms with van der Waals surface area (Å²) in [5, 5.41) is 0. The highest BCUT2D eigenvalue weighted by Gasteiger charge is 2.22. The Morgan fingerprint density at radius 2 is 2.14 bits per heavy atom. The van der Waals surface area contributed by atoms with Crippen molar-refractivity contribution in [2.24, 2.45) is 0 Å². The molecule has 0 atom stereocenters. The van der Waals surface area contributed by atoms with Gasteiger partial charge in [0.1, 0.15) is 5.69 Å². The van der Waals surface area contributed by atoms with Gasteiger partial charge in [0.05, 0.1) is 10.9 Å². The summed E-state index contributed by atoms with van der Waals surface area (Å²) in [5.41, 5.74) is 7.25. The maximum absolute atomic E-state index is 12.1. The average molecular weight is 329 g/mol. The van der Waals surface area contributed by atoms with Crippen LogP contribution in [0.5, 0.6) is 0 Å². The maximum atomic E-state index is 12.1. The smallest absolute Gasteiger partial charge is 0.354 e. The van der Waals surface area contributed by atoms with E-state index in [9.17, 15) is 9.18 Å². The summed E-state index contributed by atoms with van der Waals surface area (Å²) in [7, 11) is 0. The third-order valence-electron chi connectivity index (χ3n) is 3.35. The number of fused-ring (bicyclic) bond motifs is 1. The molecule has 116 valence electrons. The van der Waals surface area contributed by atoms with Crippen LogP contribution >= 0.6 is 23.1 Å². The largest absolute Gasteiger partial charge is 0.382 e. The number of aryl methyl sites for hydroxylation is 1. The van der Waals surface area contributed by atoms with E-state index >= 15 is 0 Å². The van der Waals surface area contributed by atoms with Gasteiger partial charge < -0.3 is 5.73 Å². The lowest BCUT2D eigenvalue weighted by atomic mass is 10.3. The predicted octanol–water partition coefficient (Wildman–Crippen LogP) is 3.42. The van der Waals surface area contributed by atoms with Crippen LogP contribution in [0.15, 0.2) is 9.00 Å². The van der Waals surface area contributed by atoms with E-state index in [1.54, 1.807) is 27.7 Å². The van der Waals surface area contributed by atoms with E-state index in [-0.39, 0.29) is 12.4 Å². The summed E-state index contributed by atoms with van der Waals surface area (Å²) in [4.78, 5) is 17.0. The number of aromatic nitrogens is 2. The van der Waals surface area contributed by atoms with Gasteiger partial charge in [0.25, 0.3) is 0 Å². The molecule has 4 nitrogen and oxygen atoms in total. The SMILES string of the molecule is CCc1sc(SCCCCCF)c2c(N)nc(=O)n-2c1C. The Morgan fingerprint density at radius 1 is 1.38 bits per heavy atom. The topological polar surface area (TPSA) is 60.9 Å². The predicted molar refractivity (Wildman–Crippen MR) is 88.0 cm³/mol. The van der Waals surface area contributed by atoms with Gasteiger partial charge >= 0.3 is 5.69 Å². The Morgan fingerprint density at radius 3 is 2.81 bits per heavy atom. The second-order valence-corrected chi connectivity index (χ2v) is 7.28. The van der Waals surface area contributed by atoms with Crippen LogP contribution in [0.3, 0.4) is 0 Å². The van der Waals surface area contributed by atoms with Gasteiger partial charge in [-0.2, -0.15) is 4.98 Å². The van der Waals surface area contributed by atoms with Crippen LogP contribution in [0.2, 0.25) is 0 Å². The summed E-state index contributed by atoms with van der Waals surface area (Å²) in [6.45, 7) is 3.75. The van der Waals surface area contributed by atoms with Crippen molar-refractivity contribution in [2.45, 2.75) is 43.7 Å². The monoisotopic (exact) mass is 329 g/mol. The molecule has 0 fully saturated rings. The molecule has 0 aromatic heterocycles. The molecule has 0 saturated carbocycles. The van der Waals surface area contributed by atoms with Gasteiger partial charge in [-0.25, -0.2) is 4.79 Å². The van der Waals surface area contributed by atoms with Crippen molar-refractivity contribution in [2.75, 3.05) is 18.2 Å². The van der Waals surface area contributed by atoms with E-state index in [4.69, 9.17) is 5.73 Å². The van der Waals surface area contributed by atoms with Gasteiger partial charge in [-0.15, -0.1) is 23.1 Å². The zero-order chi connectivity index (χ0) is 15.4. The molecule has 0 radical (unpaired) electrons. The second kappa shape index (κ2) is 7.26. The van der Waals surface area contributed by atoms with Crippen molar-refractivity contribution in [3.05, 3.63) is 21.1 Å². The van der Waals surface area contributed by atoms with Gasteiger partial charge in [-0.05, 0) is 31.9 Å². The fourth-order valence-electron chi connectivity index (χ4n) is 2.25. The summed E-state index contributed by atoms with van der Waals surface area (Å²) >= 11 is 3.36. The van der Waals surface area contributed by atoms with Gasteiger partial charge in [0.2, 0.25) is 0 Å². The first-order valence-corrected chi connectivity index (χ1v) is 8.89. The molecule has 0 amide bonds. The van der Waals surface area contributed by atoms with E-state index in [2.05, 4.69) is 11.9 Å². The molecule has 2 N–H and O–H groups in total. The number of hydrogen-bond donors (Lipinski definition) is 1. The molecule has 0 saturated heterocycles. The minimum absolute atomic E-state index is 0.253. The van der Waals surface area contributed by atoms with Crippen LogP contribution < -0.4 is 11.4 Å². The standard InChI is InChI=1S/C14H20FN3OS2/c1-3-10-9(2)18-11(12(16)17-14(18)19)13(21-10)20-8-6-4-5-7-15/h3-8H2,1-2H3,(H2,16,17,19). The lowest BCUT2D eigenvalue weighted by Crippen LogP contribution is -2.18. The molecule has 0 aromatic carbocycles. The first-order chi connectivity index (χ1) is 10.1. The second-order valence-electron chi connectivity index (χ2n) is 4.81. The van der Waals surface area contributed by atoms with Crippen LogP contribution in [0.1, 0.15) is 36.8 Å². The Kier molecular flexibility index (Phi) is 5.64. The lowest BCUT2D eigenvalue weighted by molar-refractivity contribution is 0.460. The minimum Gasteiger partial charge on any atom is -0.382 e. The molecule has 0 unspecified atom stereocenters. The number of imidazole rings is 1.